The van der Waals surface area contributed by atoms with Gasteiger partial charge in [-0.05, 0) is 24.6 Å². The highest BCUT2D eigenvalue weighted by molar-refractivity contribution is 7.93. The Labute approximate surface area is 105 Å². The number of halogens is 1. The molecule has 0 spiro atoms. The number of rotatable bonds is 5. The van der Waals surface area contributed by atoms with E-state index in [2.05, 4.69) is 0 Å². The van der Waals surface area contributed by atoms with E-state index in [9.17, 15) is 21.2 Å². The summed E-state index contributed by atoms with van der Waals surface area (Å²) in [5, 5.41) is 4.92. The summed E-state index contributed by atoms with van der Waals surface area (Å²) in [7, 11) is -7.85. The molecule has 102 valence electrons. The molecule has 0 amide bonds. The lowest BCUT2D eigenvalue weighted by molar-refractivity contribution is 0.596. The first kappa shape index (κ1) is 14.9. The molecule has 3 N–H and O–H groups in total. The minimum absolute atomic E-state index is 0.201. The summed E-state index contributed by atoms with van der Waals surface area (Å²) < 4.78 is 60.5. The summed E-state index contributed by atoms with van der Waals surface area (Å²) in [6, 6.07) is 2.57. The summed E-state index contributed by atoms with van der Waals surface area (Å²) >= 11 is 0. The molecule has 0 aliphatic rings. The smallest absolute Gasteiger partial charge is 0.240 e. The number of anilines is 1. The van der Waals surface area contributed by atoms with E-state index in [1.807, 2.05) is 4.72 Å². The van der Waals surface area contributed by atoms with Crippen molar-refractivity contribution < 1.29 is 21.2 Å². The number of benzene rings is 1. The largest absolute Gasteiger partial charge is 0.282 e. The molecule has 0 unspecified atom stereocenters. The molecule has 0 atom stereocenters. The predicted octanol–water partition coefficient (Wildman–Crippen LogP) is 0.625. The highest BCUT2D eigenvalue weighted by Crippen LogP contribution is 2.22. The second-order valence-electron chi connectivity index (χ2n) is 3.61. The van der Waals surface area contributed by atoms with E-state index >= 15 is 0 Å². The monoisotopic (exact) mass is 296 g/mol. The number of hydrogen-bond donors (Lipinski definition) is 2. The molecule has 0 saturated heterocycles. The van der Waals surface area contributed by atoms with Crippen molar-refractivity contribution in [1.29, 1.82) is 0 Å². The quantitative estimate of drug-likeness (QED) is 0.830. The topological polar surface area (TPSA) is 106 Å². The van der Waals surface area contributed by atoms with E-state index in [1.165, 1.54) is 0 Å². The zero-order chi connectivity index (χ0) is 14.0. The van der Waals surface area contributed by atoms with Gasteiger partial charge in [-0.25, -0.2) is 26.4 Å². The predicted molar refractivity (Wildman–Crippen MR) is 65.5 cm³/mol. The van der Waals surface area contributed by atoms with Crippen molar-refractivity contribution in [2.24, 2.45) is 5.14 Å². The van der Waals surface area contributed by atoms with Gasteiger partial charge in [0.2, 0.25) is 20.0 Å². The van der Waals surface area contributed by atoms with Crippen molar-refractivity contribution in [3.63, 3.8) is 0 Å². The normalized spacial score (nSPS) is 12.4. The van der Waals surface area contributed by atoms with Gasteiger partial charge in [0, 0.05) is 0 Å². The van der Waals surface area contributed by atoms with E-state index in [0.29, 0.717) is 6.42 Å². The number of hydrogen-bond acceptors (Lipinski definition) is 4. The molecule has 0 aromatic heterocycles. The molecule has 18 heavy (non-hydrogen) atoms. The van der Waals surface area contributed by atoms with Gasteiger partial charge in [-0.3, -0.25) is 4.72 Å². The Bertz CT molecular complexity index is 641. The molecule has 1 aromatic carbocycles. The summed E-state index contributed by atoms with van der Waals surface area (Å²) in [4.78, 5) is -0.469. The van der Waals surface area contributed by atoms with Gasteiger partial charge in [0.25, 0.3) is 0 Å². The zero-order valence-corrected chi connectivity index (χ0v) is 11.2. The lowest BCUT2D eigenvalue weighted by Gasteiger charge is -2.10. The fourth-order valence-corrected chi connectivity index (χ4v) is 3.20. The van der Waals surface area contributed by atoms with E-state index in [4.69, 9.17) is 5.14 Å². The Morgan fingerprint density at radius 2 is 1.89 bits per heavy atom. The van der Waals surface area contributed by atoms with Crippen LogP contribution >= 0.6 is 0 Å². The molecule has 1 rings (SSSR count). The molecular formula is C9H13FN2O4S2. The van der Waals surface area contributed by atoms with Crippen LogP contribution in [0.2, 0.25) is 0 Å². The third-order valence-corrected chi connectivity index (χ3v) is 4.43. The van der Waals surface area contributed by atoms with Crippen LogP contribution in [0.15, 0.2) is 23.1 Å². The van der Waals surface area contributed by atoms with Gasteiger partial charge in [-0.2, -0.15) is 0 Å². The average Bonchev–Trinajstić information content (AvgIpc) is 2.14. The van der Waals surface area contributed by atoms with Gasteiger partial charge in [-0.1, -0.05) is 6.92 Å². The Hall–Kier alpha value is -1.19. The third kappa shape index (κ3) is 3.93. The molecular weight excluding hydrogens is 283 g/mol. The minimum Gasteiger partial charge on any atom is -0.282 e. The van der Waals surface area contributed by atoms with Gasteiger partial charge in [0.15, 0.2) is 0 Å². The molecule has 9 heteroatoms. The van der Waals surface area contributed by atoms with Gasteiger partial charge in [-0.15, -0.1) is 0 Å². The van der Waals surface area contributed by atoms with Crippen molar-refractivity contribution in [3.05, 3.63) is 24.0 Å². The van der Waals surface area contributed by atoms with Gasteiger partial charge >= 0.3 is 0 Å². The van der Waals surface area contributed by atoms with E-state index < -0.39 is 30.8 Å². The zero-order valence-electron chi connectivity index (χ0n) is 9.55. The highest BCUT2D eigenvalue weighted by Gasteiger charge is 2.18. The molecule has 0 saturated carbocycles. The Balaban J connectivity index is 3.28. The van der Waals surface area contributed by atoms with Crippen LogP contribution in [-0.2, 0) is 20.0 Å². The van der Waals surface area contributed by atoms with Crippen LogP contribution in [0.5, 0.6) is 0 Å². The van der Waals surface area contributed by atoms with Crippen LogP contribution in [-0.4, -0.2) is 22.6 Å². The number of nitrogens with two attached hydrogens (primary N) is 1. The molecule has 0 radical (unpaired) electrons. The van der Waals surface area contributed by atoms with Crippen LogP contribution < -0.4 is 9.86 Å². The SMILES string of the molecule is CCCS(=O)(=O)Nc1cc(F)ccc1S(N)(=O)=O. The fourth-order valence-electron chi connectivity index (χ4n) is 1.32. The number of primary sulfonamides is 1. The highest BCUT2D eigenvalue weighted by atomic mass is 32.2. The summed E-state index contributed by atoms with van der Waals surface area (Å²) in [5.41, 5.74) is -0.383. The van der Waals surface area contributed by atoms with Crippen molar-refractivity contribution in [2.45, 2.75) is 18.2 Å². The van der Waals surface area contributed by atoms with Crippen LogP contribution in [0.3, 0.4) is 0 Å². The van der Waals surface area contributed by atoms with Gasteiger partial charge in [0.1, 0.15) is 10.7 Å². The van der Waals surface area contributed by atoms with Crippen molar-refractivity contribution >= 4 is 25.7 Å². The number of sulfonamides is 2. The first-order valence-corrected chi connectivity index (χ1v) is 8.18. The average molecular weight is 296 g/mol. The van der Waals surface area contributed by atoms with Gasteiger partial charge < -0.3 is 0 Å². The lowest BCUT2D eigenvalue weighted by Crippen LogP contribution is -2.20. The molecule has 0 bridgehead atoms. The minimum atomic E-state index is -4.13. The molecule has 0 fully saturated rings. The summed E-state index contributed by atoms with van der Waals surface area (Å²) in [6.07, 6.45) is 0.343. The molecule has 0 aliphatic heterocycles. The molecule has 0 aliphatic carbocycles. The summed E-state index contributed by atoms with van der Waals surface area (Å²) in [6.45, 7) is 1.64. The van der Waals surface area contributed by atoms with E-state index in [0.717, 1.165) is 18.2 Å². The maximum Gasteiger partial charge on any atom is 0.240 e. The van der Waals surface area contributed by atoms with E-state index in [1.54, 1.807) is 6.92 Å². The molecule has 0 heterocycles. The third-order valence-electron chi connectivity index (χ3n) is 1.99. The maximum atomic E-state index is 13.0. The fraction of sp³-hybridized carbons (Fsp3) is 0.333. The van der Waals surface area contributed by atoms with Crippen molar-refractivity contribution in [3.8, 4) is 0 Å². The van der Waals surface area contributed by atoms with Crippen LogP contribution in [0.25, 0.3) is 0 Å². The van der Waals surface area contributed by atoms with Crippen LogP contribution in [0.1, 0.15) is 13.3 Å². The van der Waals surface area contributed by atoms with Crippen molar-refractivity contribution in [2.75, 3.05) is 10.5 Å². The maximum absolute atomic E-state index is 13.0. The Kier molecular flexibility index (Phi) is 4.30. The second-order valence-corrected chi connectivity index (χ2v) is 6.98. The first-order valence-electron chi connectivity index (χ1n) is 4.98. The van der Waals surface area contributed by atoms with Crippen LogP contribution in [0, 0.1) is 5.82 Å². The Morgan fingerprint density at radius 3 is 2.39 bits per heavy atom. The van der Waals surface area contributed by atoms with Crippen molar-refractivity contribution in [1.82, 2.24) is 0 Å². The molecule has 6 nitrogen and oxygen atoms in total. The first-order chi connectivity index (χ1) is 8.15. The standard InChI is InChI=1S/C9H13FN2O4S2/c1-2-5-17(13,14)12-8-6-7(10)3-4-9(8)18(11,15)16/h3-4,6,12H,2,5H2,1H3,(H2,11,15,16). The second kappa shape index (κ2) is 5.21. The number of nitrogens with one attached hydrogen (secondary N) is 1. The summed E-state index contributed by atoms with van der Waals surface area (Å²) in [5.74, 6) is -0.968. The van der Waals surface area contributed by atoms with Crippen LogP contribution in [0.4, 0.5) is 10.1 Å². The molecule has 1 aromatic rings. The van der Waals surface area contributed by atoms with E-state index in [-0.39, 0.29) is 11.4 Å². The van der Waals surface area contributed by atoms with Gasteiger partial charge in [0.05, 0.1) is 11.4 Å². The lowest BCUT2D eigenvalue weighted by atomic mass is 10.3. The Morgan fingerprint density at radius 1 is 1.28 bits per heavy atom.